The molecule has 32 heavy (non-hydrogen) atoms. The van der Waals surface area contributed by atoms with Gasteiger partial charge in [-0.25, -0.2) is 4.99 Å². The summed E-state index contributed by atoms with van der Waals surface area (Å²) in [6.45, 7) is 16.2. The van der Waals surface area contributed by atoms with Crippen molar-refractivity contribution in [2.75, 3.05) is 63.8 Å². The fourth-order valence-electron chi connectivity index (χ4n) is 3.89. The Labute approximate surface area is 212 Å². The highest BCUT2D eigenvalue weighted by atomic mass is 127. The molecule has 8 heteroatoms. The molecule has 0 aromatic heterocycles. The number of guanidine groups is 1. The first-order valence-electron chi connectivity index (χ1n) is 11.9. The Kier molecular flexibility index (Phi) is 14.4. The highest BCUT2D eigenvalue weighted by molar-refractivity contribution is 14.0. The van der Waals surface area contributed by atoms with Gasteiger partial charge in [-0.2, -0.15) is 0 Å². The van der Waals surface area contributed by atoms with Crippen LogP contribution in [0.4, 0.5) is 5.69 Å². The van der Waals surface area contributed by atoms with Crippen molar-refractivity contribution < 1.29 is 4.79 Å². The number of hydrogen-bond donors (Lipinski definition) is 2. The van der Waals surface area contributed by atoms with Crippen LogP contribution in [0.15, 0.2) is 35.3 Å². The van der Waals surface area contributed by atoms with Crippen molar-refractivity contribution >= 4 is 41.5 Å². The van der Waals surface area contributed by atoms with Crippen LogP contribution in [0.25, 0.3) is 0 Å². The highest BCUT2D eigenvalue weighted by Crippen LogP contribution is 2.15. The second-order valence-electron chi connectivity index (χ2n) is 8.11. The van der Waals surface area contributed by atoms with E-state index in [1.165, 1.54) is 5.69 Å². The number of nitrogens with one attached hydrogen (secondary N) is 2. The van der Waals surface area contributed by atoms with Gasteiger partial charge in [0.1, 0.15) is 6.54 Å². The first kappa shape index (κ1) is 28.5. The molecule has 1 heterocycles. The van der Waals surface area contributed by atoms with Crippen LogP contribution in [0.3, 0.4) is 0 Å². The molecule has 2 N–H and O–H groups in total. The first-order valence-corrected chi connectivity index (χ1v) is 11.9. The third-order valence-electron chi connectivity index (χ3n) is 5.86. The number of amides is 1. The molecule has 0 aliphatic carbocycles. The van der Waals surface area contributed by atoms with Gasteiger partial charge in [-0.1, -0.05) is 32.0 Å². The number of hydrogen-bond acceptors (Lipinski definition) is 4. The Morgan fingerprint density at radius 2 is 1.75 bits per heavy atom. The number of carbonyl (C=O) groups is 1. The maximum atomic E-state index is 12.7. The maximum absolute atomic E-state index is 12.7. The second-order valence-corrected chi connectivity index (χ2v) is 8.11. The number of rotatable bonds is 11. The lowest BCUT2D eigenvalue weighted by molar-refractivity contribution is -0.129. The standard InChI is InChI=1S/C24H42N6O.HI/c1-5-25-24(27-21(4)12-11-15-28(6-2)7-3)26-20-23(31)30-18-16-29(17-19-30)22-13-9-8-10-14-22;/h8-10,13-14,21H,5-7,11-12,15-20H2,1-4H3,(H2,25,26,27);1H. The molecule has 0 spiro atoms. The molecular formula is C24H43IN6O. The summed E-state index contributed by atoms with van der Waals surface area (Å²) in [6.07, 6.45) is 2.23. The van der Waals surface area contributed by atoms with Crippen LogP contribution in [0.2, 0.25) is 0 Å². The van der Waals surface area contributed by atoms with Gasteiger partial charge in [0.25, 0.3) is 0 Å². The molecule has 1 fully saturated rings. The smallest absolute Gasteiger partial charge is 0.244 e. The van der Waals surface area contributed by atoms with Crippen molar-refractivity contribution in [2.45, 2.75) is 46.6 Å². The second kappa shape index (κ2) is 16.1. The SMILES string of the molecule is CCNC(=NCC(=O)N1CCN(c2ccccc2)CC1)NC(C)CCCN(CC)CC.I. The van der Waals surface area contributed by atoms with Gasteiger partial charge in [-0.15, -0.1) is 24.0 Å². The van der Waals surface area contributed by atoms with Gasteiger partial charge in [0.05, 0.1) is 0 Å². The van der Waals surface area contributed by atoms with Crippen LogP contribution in [0.5, 0.6) is 0 Å². The van der Waals surface area contributed by atoms with Gasteiger partial charge in [-0.3, -0.25) is 4.79 Å². The lowest BCUT2D eigenvalue weighted by Crippen LogP contribution is -2.50. The summed E-state index contributed by atoms with van der Waals surface area (Å²) in [7, 11) is 0. The minimum absolute atomic E-state index is 0. The quantitative estimate of drug-likeness (QED) is 0.249. The first-order chi connectivity index (χ1) is 15.1. The zero-order valence-electron chi connectivity index (χ0n) is 20.3. The van der Waals surface area contributed by atoms with Crippen LogP contribution in [0.1, 0.15) is 40.5 Å². The minimum atomic E-state index is 0. The van der Waals surface area contributed by atoms with Crippen molar-refractivity contribution in [3.63, 3.8) is 0 Å². The van der Waals surface area contributed by atoms with Crippen molar-refractivity contribution in [1.82, 2.24) is 20.4 Å². The summed E-state index contributed by atoms with van der Waals surface area (Å²) < 4.78 is 0. The third-order valence-corrected chi connectivity index (χ3v) is 5.86. The Morgan fingerprint density at radius 1 is 1.09 bits per heavy atom. The summed E-state index contributed by atoms with van der Waals surface area (Å²) in [4.78, 5) is 24.0. The van der Waals surface area contributed by atoms with Crippen molar-refractivity contribution in [2.24, 2.45) is 4.99 Å². The summed E-state index contributed by atoms with van der Waals surface area (Å²) in [5.74, 6) is 0.827. The normalized spacial score (nSPS) is 15.3. The van der Waals surface area contributed by atoms with Gasteiger partial charge in [0.15, 0.2) is 5.96 Å². The molecule has 1 aromatic carbocycles. The minimum Gasteiger partial charge on any atom is -0.368 e. The number of carbonyl (C=O) groups excluding carboxylic acids is 1. The van der Waals surface area contributed by atoms with Gasteiger partial charge in [0, 0.05) is 44.5 Å². The summed E-state index contributed by atoms with van der Waals surface area (Å²) >= 11 is 0. The highest BCUT2D eigenvalue weighted by Gasteiger charge is 2.21. The van der Waals surface area contributed by atoms with E-state index in [1.54, 1.807) is 0 Å². The Balaban J connectivity index is 0.00000512. The van der Waals surface area contributed by atoms with Gasteiger partial charge in [-0.05, 0) is 58.5 Å². The van der Waals surface area contributed by atoms with Crippen molar-refractivity contribution in [1.29, 1.82) is 0 Å². The fraction of sp³-hybridized carbons (Fsp3) is 0.667. The summed E-state index contributed by atoms with van der Waals surface area (Å²) in [6, 6.07) is 10.7. The van der Waals surface area contributed by atoms with Gasteiger partial charge >= 0.3 is 0 Å². The van der Waals surface area contributed by atoms with Crippen molar-refractivity contribution in [3.05, 3.63) is 30.3 Å². The van der Waals surface area contributed by atoms with E-state index < -0.39 is 0 Å². The molecule has 0 saturated carbocycles. The van der Waals surface area contributed by atoms with Crippen LogP contribution < -0.4 is 15.5 Å². The molecule has 1 saturated heterocycles. The number of benzene rings is 1. The van der Waals surface area contributed by atoms with E-state index in [0.717, 1.165) is 71.2 Å². The average molecular weight is 559 g/mol. The largest absolute Gasteiger partial charge is 0.368 e. The van der Waals surface area contributed by atoms with E-state index in [2.05, 4.69) is 70.5 Å². The number of halogens is 1. The van der Waals surface area contributed by atoms with E-state index >= 15 is 0 Å². The molecule has 7 nitrogen and oxygen atoms in total. The van der Waals surface area contributed by atoms with Crippen LogP contribution in [-0.4, -0.2) is 86.6 Å². The van der Waals surface area contributed by atoms with E-state index in [9.17, 15) is 4.79 Å². The molecule has 0 bridgehead atoms. The van der Waals surface area contributed by atoms with Crippen LogP contribution >= 0.6 is 24.0 Å². The van der Waals surface area contributed by atoms with E-state index in [-0.39, 0.29) is 36.4 Å². The Hall–Kier alpha value is -1.55. The van der Waals surface area contributed by atoms with Crippen LogP contribution in [-0.2, 0) is 4.79 Å². The van der Waals surface area contributed by atoms with Gasteiger partial charge < -0.3 is 25.3 Å². The lowest BCUT2D eigenvalue weighted by atomic mass is 10.2. The molecule has 1 atom stereocenters. The lowest BCUT2D eigenvalue weighted by Gasteiger charge is -2.36. The maximum Gasteiger partial charge on any atom is 0.244 e. The Bertz CT molecular complexity index is 660. The summed E-state index contributed by atoms with van der Waals surface area (Å²) in [5.41, 5.74) is 1.22. The molecule has 1 aliphatic heterocycles. The van der Waals surface area contributed by atoms with Crippen LogP contribution in [0, 0.1) is 0 Å². The molecule has 1 amide bonds. The average Bonchev–Trinajstić information content (AvgIpc) is 2.81. The molecule has 1 aromatic rings. The molecule has 1 unspecified atom stereocenters. The predicted molar refractivity (Wildman–Crippen MR) is 146 cm³/mol. The zero-order valence-corrected chi connectivity index (χ0v) is 22.7. The number of piperazine rings is 1. The number of nitrogens with zero attached hydrogens (tertiary/aromatic N) is 4. The van der Waals surface area contributed by atoms with Crippen molar-refractivity contribution in [3.8, 4) is 0 Å². The van der Waals surface area contributed by atoms with Gasteiger partial charge in [0.2, 0.25) is 5.91 Å². The Morgan fingerprint density at radius 3 is 2.34 bits per heavy atom. The van der Waals surface area contributed by atoms with E-state index in [0.29, 0.717) is 6.04 Å². The number of anilines is 1. The number of aliphatic imine (C=N–C) groups is 1. The molecule has 2 rings (SSSR count). The zero-order chi connectivity index (χ0) is 22.5. The van der Waals surface area contributed by atoms with E-state index in [1.807, 2.05) is 17.9 Å². The molecule has 182 valence electrons. The molecule has 1 aliphatic rings. The molecular weight excluding hydrogens is 515 g/mol. The monoisotopic (exact) mass is 558 g/mol. The topological polar surface area (TPSA) is 63.2 Å². The predicted octanol–water partition coefficient (Wildman–Crippen LogP) is 3.02. The van der Waals surface area contributed by atoms with E-state index in [4.69, 9.17) is 0 Å². The third kappa shape index (κ3) is 9.94. The fourth-order valence-corrected chi connectivity index (χ4v) is 3.89. The summed E-state index contributed by atoms with van der Waals surface area (Å²) in [5, 5.41) is 6.73. The number of para-hydroxylation sites is 1. The molecule has 0 radical (unpaired) electrons.